The SMILES string of the molecule is O=C1N[C@H](CO)C(=O)N2CCN(Cc3ccc(Cl)s3)C[C@H]12. The Morgan fingerprint density at radius 2 is 2.19 bits per heavy atom. The molecule has 6 nitrogen and oxygen atoms in total. The number of hydrogen-bond donors (Lipinski definition) is 2. The summed E-state index contributed by atoms with van der Waals surface area (Å²) in [5.41, 5.74) is 0. The fraction of sp³-hybridized carbons (Fsp3) is 0.538. The number of carbonyl (C=O) groups excluding carboxylic acids is 2. The first-order valence-corrected chi connectivity index (χ1v) is 7.96. The zero-order valence-corrected chi connectivity index (χ0v) is 12.9. The molecule has 2 saturated heterocycles. The first kappa shape index (κ1) is 14.8. The van der Waals surface area contributed by atoms with Crippen molar-refractivity contribution in [2.75, 3.05) is 26.2 Å². The molecule has 0 saturated carbocycles. The lowest BCUT2D eigenvalue weighted by molar-refractivity contribution is -0.154. The van der Waals surface area contributed by atoms with E-state index in [1.807, 2.05) is 12.1 Å². The van der Waals surface area contributed by atoms with Crippen LogP contribution < -0.4 is 5.32 Å². The number of halogens is 1. The highest BCUT2D eigenvalue weighted by Crippen LogP contribution is 2.24. The Morgan fingerprint density at radius 1 is 1.38 bits per heavy atom. The van der Waals surface area contributed by atoms with Crippen molar-refractivity contribution < 1.29 is 14.7 Å². The van der Waals surface area contributed by atoms with Gasteiger partial charge in [-0.15, -0.1) is 11.3 Å². The van der Waals surface area contributed by atoms with Crippen LogP contribution >= 0.6 is 22.9 Å². The number of nitrogens with zero attached hydrogens (tertiary/aromatic N) is 2. The quantitative estimate of drug-likeness (QED) is 0.812. The van der Waals surface area contributed by atoms with Crippen LogP contribution in [0.3, 0.4) is 0 Å². The van der Waals surface area contributed by atoms with Crippen molar-refractivity contribution >= 4 is 34.8 Å². The normalized spacial score (nSPS) is 26.7. The van der Waals surface area contributed by atoms with Crippen molar-refractivity contribution in [1.29, 1.82) is 0 Å². The predicted octanol–water partition coefficient (Wildman–Crippen LogP) is -0.0950. The number of carbonyl (C=O) groups is 2. The third-order valence-corrected chi connectivity index (χ3v) is 5.07. The van der Waals surface area contributed by atoms with Gasteiger partial charge in [0.25, 0.3) is 0 Å². The number of fused-ring (bicyclic) bond motifs is 1. The van der Waals surface area contributed by atoms with Gasteiger partial charge in [-0.1, -0.05) is 11.6 Å². The maximum atomic E-state index is 12.1. The van der Waals surface area contributed by atoms with E-state index in [0.29, 0.717) is 19.6 Å². The highest BCUT2D eigenvalue weighted by atomic mass is 35.5. The lowest BCUT2D eigenvalue weighted by Gasteiger charge is -2.44. The molecule has 0 spiro atoms. The van der Waals surface area contributed by atoms with Crippen LogP contribution in [0.15, 0.2) is 12.1 Å². The van der Waals surface area contributed by atoms with Crippen LogP contribution in [0.25, 0.3) is 0 Å². The van der Waals surface area contributed by atoms with E-state index in [1.165, 1.54) is 11.3 Å². The molecular weight excluding hydrogens is 314 g/mol. The molecule has 2 fully saturated rings. The number of aliphatic hydroxyl groups is 1. The molecular formula is C13H16ClN3O3S. The van der Waals surface area contributed by atoms with Crippen molar-refractivity contribution in [3.63, 3.8) is 0 Å². The standard InChI is InChI=1S/C13H16ClN3O3S/c14-11-2-1-8(21-11)5-16-3-4-17-10(6-16)12(19)15-9(7-18)13(17)20/h1-2,9-10,18H,3-7H2,(H,15,19)/t9-,10-/m1/s1. The molecule has 0 unspecified atom stereocenters. The number of rotatable bonds is 3. The molecule has 0 radical (unpaired) electrons. The van der Waals surface area contributed by atoms with E-state index in [-0.39, 0.29) is 18.4 Å². The molecule has 2 aliphatic rings. The predicted molar refractivity (Wildman–Crippen MR) is 79.1 cm³/mol. The molecule has 3 rings (SSSR count). The Morgan fingerprint density at radius 3 is 2.86 bits per heavy atom. The Kier molecular flexibility index (Phi) is 4.17. The summed E-state index contributed by atoms with van der Waals surface area (Å²) in [4.78, 5) is 29.1. The molecule has 1 aromatic heterocycles. The molecule has 0 bridgehead atoms. The van der Waals surface area contributed by atoms with Gasteiger partial charge in [0.2, 0.25) is 11.8 Å². The van der Waals surface area contributed by atoms with Crippen molar-refractivity contribution in [3.8, 4) is 0 Å². The van der Waals surface area contributed by atoms with E-state index in [9.17, 15) is 9.59 Å². The Balaban J connectivity index is 1.67. The minimum Gasteiger partial charge on any atom is -0.394 e. The van der Waals surface area contributed by atoms with E-state index in [2.05, 4.69) is 10.2 Å². The topological polar surface area (TPSA) is 72.9 Å². The number of hydrogen-bond acceptors (Lipinski definition) is 5. The molecule has 8 heteroatoms. The molecule has 3 heterocycles. The number of piperazine rings is 2. The summed E-state index contributed by atoms with van der Waals surface area (Å²) in [6.07, 6.45) is 0. The number of aliphatic hydroxyl groups excluding tert-OH is 1. The molecule has 2 amide bonds. The summed E-state index contributed by atoms with van der Waals surface area (Å²) in [6.45, 7) is 2.10. The highest BCUT2D eigenvalue weighted by molar-refractivity contribution is 7.16. The van der Waals surface area contributed by atoms with Gasteiger partial charge >= 0.3 is 0 Å². The van der Waals surface area contributed by atoms with Gasteiger partial charge in [0.1, 0.15) is 12.1 Å². The second-order valence-electron chi connectivity index (χ2n) is 5.23. The van der Waals surface area contributed by atoms with Gasteiger partial charge in [0, 0.05) is 31.1 Å². The highest BCUT2D eigenvalue weighted by Gasteiger charge is 2.43. The minimum absolute atomic E-state index is 0.192. The van der Waals surface area contributed by atoms with Crippen molar-refractivity contribution in [2.24, 2.45) is 0 Å². The summed E-state index contributed by atoms with van der Waals surface area (Å²) in [5.74, 6) is -0.386. The Labute approximate surface area is 131 Å². The first-order valence-electron chi connectivity index (χ1n) is 6.77. The molecule has 0 aliphatic carbocycles. The summed E-state index contributed by atoms with van der Waals surface area (Å²) >= 11 is 7.45. The Hall–Kier alpha value is -1.15. The van der Waals surface area contributed by atoms with Gasteiger partial charge in [-0.05, 0) is 12.1 Å². The largest absolute Gasteiger partial charge is 0.394 e. The van der Waals surface area contributed by atoms with Gasteiger partial charge in [-0.25, -0.2) is 0 Å². The van der Waals surface area contributed by atoms with Crippen LogP contribution in [0.1, 0.15) is 4.88 Å². The van der Waals surface area contributed by atoms with E-state index >= 15 is 0 Å². The second kappa shape index (κ2) is 5.92. The van der Waals surface area contributed by atoms with Crippen LogP contribution in [0, 0.1) is 0 Å². The zero-order valence-electron chi connectivity index (χ0n) is 11.3. The molecule has 2 N–H and O–H groups in total. The van der Waals surface area contributed by atoms with Crippen LogP contribution in [0.5, 0.6) is 0 Å². The minimum atomic E-state index is -0.795. The van der Waals surface area contributed by atoms with Gasteiger partial charge < -0.3 is 15.3 Å². The summed E-state index contributed by atoms with van der Waals surface area (Å²) in [5, 5.41) is 11.7. The second-order valence-corrected chi connectivity index (χ2v) is 7.03. The van der Waals surface area contributed by atoms with Crippen molar-refractivity contribution in [3.05, 3.63) is 21.3 Å². The van der Waals surface area contributed by atoms with Gasteiger partial charge in [0.15, 0.2) is 0 Å². The van der Waals surface area contributed by atoms with Crippen LogP contribution in [0.4, 0.5) is 0 Å². The van der Waals surface area contributed by atoms with Gasteiger partial charge in [0.05, 0.1) is 10.9 Å². The summed E-state index contributed by atoms with van der Waals surface area (Å²) < 4.78 is 0.750. The van der Waals surface area contributed by atoms with Crippen LogP contribution in [-0.4, -0.2) is 65.0 Å². The lowest BCUT2D eigenvalue weighted by atomic mass is 10.0. The average Bonchev–Trinajstić information content (AvgIpc) is 2.88. The lowest BCUT2D eigenvalue weighted by Crippen LogP contribution is -2.69. The van der Waals surface area contributed by atoms with E-state index in [4.69, 9.17) is 16.7 Å². The van der Waals surface area contributed by atoms with E-state index in [0.717, 1.165) is 15.8 Å². The molecule has 0 aromatic carbocycles. The first-order chi connectivity index (χ1) is 10.1. The summed E-state index contributed by atoms with van der Waals surface area (Å²) in [7, 11) is 0. The number of thiophene rings is 1. The van der Waals surface area contributed by atoms with Gasteiger partial charge in [-0.2, -0.15) is 0 Å². The molecule has 114 valence electrons. The van der Waals surface area contributed by atoms with Gasteiger partial charge in [-0.3, -0.25) is 14.5 Å². The molecule has 2 atom stereocenters. The zero-order chi connectivity index (χ0) is 15.0. The molecule has 1 aromatic rings. The fourth-order valence-corrected chi connectivity index (χ4v) is 3.91. The van der Waals surface area contributed by atoms with E-state index < -0.39 is 12.1 Å². The van der Waals surface area contributed by atoms with E-state index in [1.54, 1.807) is 4.90 Å². The fourth-order valence-electron chi connectivity index (χ4n) is 2.78. The smallest absolute Gasteiger partial charge is 0.248 e. The third-order valence-electron chi connectivity index (χ3n) is 3.86. The number of amides is 2. The van der Waals surface area contributed by atoms with Crippen LogP contribution in [0.2, 0.25) is 4.34 Å². The maximum absolute atomic E-state index is 12.1. The molecule has 2 aliphatic heterocycles. The third kappa shape index (κ3) is 2.91. The van der Waals surface area contributed by atoms with Crippen molar-refractivity contribution in [2.45, 2.75) is 18.6 Å². The van der Waals surface area contributed by atoms with Crippen molar-refractivity contribution in [1.82, 2.24) is 15.1 Å². The average molecular weight is 330 g/mol. The monoisotopic (exact) mass is 329 g/mol. The number of nitrogens with one attached hydrogen (secondary N) is 1. The Bertz CT molecular complexity index is 565. The van der Waals surface area contributed by atoms with Crippen LogP contribution in [-0.2, 0) is 16.1 Å². The molecule has 21 heavy (non-hydrogen) atoms. The summed E-state index contributed by atoms with van der Waals surface area (Å²) in [6, 6.07) is 2.58. The maximum Gasteiger partial charge on any atom is 0.248 e.